The first-order valence-electron chi connectivity index (χ1n) is 7.23. The second-order valence-corrected chi connectivity index (χ2v) is 11.5. The number of benzene rings is 1. The normalized spacial score (nSPS) is 13.0. The molecule has 0 atom stereocenters. The van der Waals surface area contributed by atoms with Crippen LogP contribution in [0.3, 0.4) is 0 Å². The highest BCUT2D eigenvalue weighted by Gasteiger charge is 2.38. The van der Waals surface area contributed by atoms with Crippen molar-refractivity contribution >= 4 is 42.3 Å². The van der Waals surface area contributed by atoms with Gasteiger partial charge in [0.25, 0.3) is 0 Å². The van der Waals surface area contributed by atoms with Gasteiger partial charge in [-0.1, -0.05) is 76.9 Å². The first kappa shape index (κ1) is 17.8. The minimum atomic E-state index is -0.726. The molecule has 0 spiro atoms. The quantitative estimate of drug-likeness (QED) is 0.430. The van der Waals surface area contributed by atoms with Crippen molar-refractivity contribution in [3.8, 4) is 5.75 Å². The zero-order valence-corrected chi connectivity index (χ0v) is 16.3. The summed E-state index contributed by atoms with van der Waals surface area (Å²) < 4.78 is 6.45. The summed E-state index contributed by atoms with van der Waals surface area (Å²) in [5.74, 6) is 0.770. The van der Waals surface area contributed by atoms with Gasteiger partial charge in [-0.05, 0) is 12.1 Å². The summed E-state index contributed by atoms with van der Waals surface area (Å²) >= 11 is 12.1. The van der Waals surface area contributed by atoms with E-state index in [1.807, 2.05) is 24.3 Å². The average molecular weight is 358 g/mol. The minimum absolute atomic E-state index is 0.0615. The summed E-state index contributed by atoms with van der Waals surface area (Å²) in [5, 5.41) is 1.82. The molecule has 120 valence electrons. The number of para-hydroxylation sites is 1. The lowest BCUT2D eigenvalue weighted by Gasteiger charge is -2.39. The third-order valence-electron chi connectivity index (χ3n) is 3.13. The molecule has 0 fully saturated rings. The Morgan fingerprint density at radius 1 is 1.00 bits per heavy atom. The number of fused-ring (bicyclic) bond motifs is 1. The van der Waals surface area contributed by atoms with Crippen molar-refractivity contribution in [2.45, 2.75) is 51.9 Å². The molecule has 0 amide bonds. The van der Waals surface area contributed by atoms with E-state index in [0.717, 1.165) is 16.7 Å². The molecule has 0 saturated heterocycles. The Bertz CT molecular complexity index is 675. The van der Waals surface area contributed by atoms with Crippen LogP contribution in [0.2, 0.25) is 10.2 Å². The molecule has 5 heteroatoms. The molecule has 0 aliphatic rings. The van der Waals surface area contributed by atoms with E-state index in [9.17, 15) is 0 Å². The van der Waals surface area contributed by atoms with Crippen LogP contribution < -0.4 is 4.52 Å². The van der Waals surface area contributed by atoms with Gasteiger partial charge in [0.15, 0.2) is 0 Å². The molecular weight excluding hydrogens is 336 g/mol. The van der Waals surface area contributed by atoms with Gasteiger partial charge in [0.2, 0.25) is 0 Å². The second-order valence-electron chi connectivity index (χ2n) is 7.32. The largest absolute Gasteiger partial charge is 0.471 e. The topological polar surface area (TPSA) is 22.1 Å². The Hall–Kier alpha value is -0.560. The fourth-order valence-electron chi connectivity index (χ4n) is 2.58. The third kappa shape index (κ3) is 3.85. The zero-order chi connectivity index (χ0) is 16.7. The first-order valence-corrected chi connectivity index (χ1v) is 9.25. The molecule has 0 N–H and O–H groups in total. The van der Waals surface area contributed by atoms with Crippen molar-refractivity contribution in [3.05, 3.63) is 34.4 Å². The lowest BCUT2D eigenvalue weighted by atomic mass is 10.2. The molecular formula is C17H22Cl2NOP. The zero-order valence-electron chi connectivity index (χ0n) is 13.9. The minimum Gasteiger partial charge on any atom is -0.471 e. The fraction of sp³-hybridized carbons (Fsp3) is 0.471. The SMILES string of the molecule is CC(C)(C)P(Oc1cccc2cc(Cl)c(Cl)nc12)C(C)(C)C. The van der Waals surface area contributed by atoms with Gasteiger partial charge in [-0.3, -0.25) is 0 Å². The molecule has 0 saturated carbocycles. The van der Waals surface area contributed by atoms with E-state index in [1.54, 1.807) is 0 Å². The van der Waals surface area contributed by atoms with Crippen molar-refractivity contribution in [3.63, 3.8) is 0 Å². The van der Waals surface area contributed by atoms with E-state index < -0.39 is 8.15 Å². The van der Waals surface area contributed by atoms with Gasteiger partial charge < -0.3 is 4.52 Å². The standard InChI is InChI=1S/C17H22Cl2NOP/c1-16(2,3)22(17(4,5)6)21-13-9-7-8-11-10-12(18)15(19)20-14(11)13/h7-10H,1-6H3. The van der Waals surface area contributed by atoms with E-state index >= 15 is 0 Å². The van der Waals surface area contributed by atoms with Crippen molar-refractivity contribution in [2.75, 3.05) is 0 Å². The van der Waals surface area contributed by atoms with Crippen LogP contribution >= 0.6 is 31.4 Å². The molecule has 2 aromatic rings. The number of pyridine rings is 1. The van der Waals surface area contributed by atoms with E-state index in [0.29, 0.717) is 10.2 Å². The highest BCUT2D eigenvalue weighted by Crippen LogP contribution is 2.60. The van der Waals surface area contributed by atoms with Gasteiger partial charge in [0.1, 0.15) is 16.4 Å². The van der Waals surface area contributed by atoms with Crippen LogP contribution in [-0.4, -0.2) is 15.3 Å². The maximum atomic E-state index is 6.45. The predicted molar refractivity (Wildman–Crippen MR) is 98.8 cm³/mol. The van der Waals surface area contributed by atoms with Crippen molar-refractivity contribution in [2.24, 2.45) is 0 Å². The van der Waals surface area contributed by atoms with Crippen LogP contribution in [0.15, 0.2) is 24.3 Å². The summed E-state index contributed by atoms with van der Waals surface area (Å²) in [6.07, 6.45) is 0. The Morgan fingerprint density at radius 3 is 2.14 bits per heavy atom. The molecule has 0 unspecified atom stereocenters. The summed E-state index contributed by atoms with van der Waals surface area (Å²) in [5.41, 5.74) is 0.762. The van der Waals surface area contributed by atoms with E-state index in [2.05, 4.69) is 46.5 Å². The van der Waals surface area contributed by atoms with Gasteiger partial charge in [-0.15, -0.1) is 0 Å². The Kier molecular flexibility index (Phi) is 4.97. The Labute approximate surface area is 144 Å². The van der Waals surface area contributed by atoms with Gasteiger partial charge in [-0.25, -0.2) is 4.98 Å². The molecule has 0 aliphatic heterocycles. The second kappa shape index (κ2) is 6.15. The molecule has 2 nitrogen and oxygen atoms in total. The number of hydrogen-bond acceptors (Lipinski definition) is 2. The van der Waals surface area contributed by atoms with Crippen LogP contribution in [0.4, 0.5) is 0 Å². The summed E-state index contributed by atoms with van der Waals surface area (Å²) in [7, 11) is -0.726. The molecule has 1 heterocycles. The monoisotopic (exact) mass is 357 g/mol. The smallest absolute Gasteiger partial charge is 0.149 e. The van der Waals surface area contributed by atoms with Gasteiger partial charge in [0, 0.05) is 15.7 Å². The van der Waals surface area contributed by atoms with Gasteiger partial charge >= 0.3 is 0 Å². The Balaban J connectivity index is 2.53. The van der Waals surface area contributed by atoms with Crippen LogP contribution in [0.25, 0.3) is 10.9 Å². The van der Waals surface area contributed by atoms with Crippen molar-refractivity contribution in [1.82, 2.24) is 4.98 Å². The molecule has 22 heavy (non-hydrogen) atoms. The molecule has 2 rings (SSSR count). The third-order valence-corrected chi connectivity index (χ3v) is 6.62. The Morgan fingerprint density at radius 2 is 1.59 bits per heavy atom. The highest BCUT2D eigenvalue weighted by atomic mass is 35.5. The fourth-order valence-corrected chi connectivity index (χ4v) is 5.78. The first-order chi connectivity index (χ1) is 10.00. The maximum Gasteiger partial charge on any atom is 0.149 e. The van der Waals surface area contributed by atoms with Crippen molar-refractivity contribution in [1.29, 1.82) is 0 Å². The van der Waals surface area contributed by atoms with Gasteiger partial charge in [-0.2, -0.15) is 0 Å². The van der Waals surface area contributed by atoms with Crippen LogP contribution in [-0.2, 0) is 0 Å². The van der Waals surface area contributed by atoms with E-state index in [1.165, 1.54) is 0 Å². The van der Waals surface area contributed by atoms with Crippen LogP contribution in [0, 0.1) is 0 Å². The summed E-state index contributed by atoms with van der Waals surface area (Å²) in [6.45, 7) is 13.3. The molecule has 0 radical (unpaired) electrons. The van der Waals surface area contributed by atoms with Crippen LogP contribution in [0.1, 0.15) is 41.5 Å². The summed E-state index contributed by atoms with van der Waals surface area (Å²) in [6, 6.07) is 7.71. The van der Waals surface area contributed by atoms with E-state index in [-0.39, 0.29) is 10.3 Å². The molecule has 0 bridgehead atoms. The lowest BCUT2D eigenvalue weighted by molar-refractivity contribution is 0.536. The molecule has 1 aromatic heterocycles. The van der Waals surface area contributed by atoms with E-state index in [4.69, 9.17) is 27.7 Å². The average Bonchev–Trinajstić information content (AvgIpc) is 2.34. The lowest BCUT2D eigenvalue weighted by Crippen LogP contribution is -2.27. The van der Waals surface area contributed by atoms with Crippen LogP contribution in [0.5, 0.6) is 5.75 Å². The number of rotatable bonds is 2. The van der Waals surface area contributed by atoms with Gasteiger partial charge in [0.05, 0.1) is 13.2 Å². The molecule has 1 aromatic carbocycles. The maximum absolute atomic E-state index is 6.45. The highest BCUT2D eigenvalue weighted by molar-refractivity contribution is 7.56. The summed E-state index contributed by atoms with van der Waals surface area (Å²) in [4.78, 5) is 4.41. The number of halogens is 2. The number of nitrogens with zero attached hydrogens (tertiary/aromatic N) is 1. The number of hydrogen-bond donors (Lipinski definition) is 0. The van der Waals surface area contributed by atoms with Crippen molar-refractivity contribution < 1.29 is 4.52 Å². The number of aromatic nitrogens is 1. The molecule has 0 aliphatic carbocycles. The predicted octanol–water partition coefficient (Wildman–Crippen LogP) is 6.91.